The van der Waals surface area contributed by atoms with E-state index in [1.165, 1.54) is 18.5 Å². The molecule has 5 atom stereocenters. The first-order valence-corrected chi connectivity index (χ1v) is 14.6. The van der Waals surface area contributed by atoms with E-state index >= 15 is 0 Å². The highest BCUT2D eigenvalue weighted by molar-refractivity contribution is 5.95. The van der Waals surface area contributed by atoms with Crippen LogP contribution < -0.4 is 9.64 Å². The van der Waals surface area contributed by atoms with Crippen molar-refractivity contribution in [2.75, 3.05) is 25.1 Å². The van der Waals surface area contributed by atoms with Crippen molar-refractivity contribution in [3.8, 4) is 5.88 Å². The van der Waals surface area contributed by atoms with Gasteiger partial charge in [0.1, 0.15) is 28.9 Å². The molecule has 0 aromatic carbocycles. The quantitative estimate of drug-likeness (QED) is 0.364. The van der Waals surface area contributed by atoms with E-state index in [4.69, 9.17) is 19.2 Å². The van der Waals surface area contributed by atoms with Crippen LogP contribution in [0.15, 0.2) is 30.7 Å². The number of carbonyl (C=O) groups is 2. The topological polar surface area (TPSA) is 111 Å². The number of piperidine rings is 1. The summed E-state index contributed by atoms with van der Waals surface area (Å²) < 4.78 is 33.6. The van der Waals surface area contributed by atoms with Crippen LogP contribution in [0, 0.1) is 17.7 Å². The van der Waals surface area contributed by atoms with Crippen LogP contribution in [0.1, 0.15) is 75.3 Å². The van der Waals surface area contributed by atoms with Crippen LogP contribution in [0.2, 0.25) is 0 Å². The smallest absolute Gasteiger partial charge is 0.410 e. The summed E-state index contributed by atoms with van der Waals surface area (Å²) in [6.07, 6.45) is 7.11. The predicted octanol–water partition coefficient (Wildman–Crippen LogP) is 4.80. The lowest BCUT2D eigenvalue weighted by molar-refractivity contribution is 0.0109. The van der Waals surface area contributed by atoms with Crippen molar-refractivity contribution in [3.05, 3.63) is 47.7 Å². The van der Waals surface area contributed by atoms with Gasteiger partial charge in [-0.2, -0.15) is 5.10 Å². The number of hydrogen-bond donors (Lipinski definition) is 0. The van der Waals surface area contributed by atoms with Gasteiger partial charge < -0.3 is 24.0 Å². The molecule has 42 heavy (non-hydrogen) atoms. The fourth-order valence-electron chi connectivity index (χ4n) is 6.32. The monoisotopic (exact) mass is 580 g/mol. The molecule has 4 heterocycles. The Morgan fingerprint density at radius 1 is 1.21 bits per heavy atom. The van der Waals surface area contributed by atoms with E-state index in [-0.39, 0.29) is 30.4 Å². The summed E-state index contributed by atoms with van der Waals surface area (Å²) in [6.45, 7) is 8.26. The van der Waals surface area contributed by atoms with E-state index in [0.29, 0.717) is 34.7 Å². The van der Waals surface area contributed by atoms with E-state index in [9.17, 15) is 14.0 Å². The summed E-state index contributed by atoms with van der Waals surface area (Å²) >= 11 is 0. The molecule has 0 bridgehead atoms. The molecule has 0 spiro atoms. The molecule has 224 valence electrons. The zero-order valence-corrected chi connectivity index (χ0v) is 24.6. The number of esters is 1. The first-order chi connectivity index (χ1) is 20.0. The highest BCUT2D eigenvalue weighted by atomic mass is 19.1. The average molecular weight is 581 g/mol. The van der Waals surface area contributed by atoms with Gasteiger partial charge >= 0.3 is 12.1 Å². The summed E-state index contributed by atoms with van der Waals surface area (Å²) in [5.74, 6) is 0.836. The van der Waals surface area contributed by atoms with Gasteiger partial charge in [-0.15, -0.1) is 0 Å². The number of nitrogens with zero attached hydrogens (tertiary/aromatic N) is 6. The number of rotatable bonds is 7. The lowest BCUT2D eigenvalue weighted by atomic mass is 10.0. The molecule has 6 rings (SSSR count). The van der Waals surface area contributed by atoms with Gasteiger partial charge in [-0.25, -0.2) is 28.5 Å². The third kappa shape index (κ3) is 5.34. The number of ether oxygens (including phenoxy) is 3. The van der Waals surface area contributed by atoms with Crippen LogP contribution >= 0.6 is 0 Å². The Hall–Kier alpha value is -3.96. The fourth-order valence-corrected chi connectivity index (χ4v) is 6.32. The van der Waals surface area contributed by atoms with Gasteiger partial charge in [-0.3, -0.25) is 0 Å². The summed E-state index contributed by atoms with van der Waals surface area (Å²) in [4.78, 5) is 38.3. The van der Waals surface area contributed by atoms with Crippen LogP contribution in [0.25, 0.3) is 5.65 Å². The van der Waals surface area contributed by atoms with Crippen molar-refractivity contribution in [1.29, 1.82) is 0 Å². The van der Waals surface area contributed by atoms with Crippen LogP contribution in [0.4, 0.5) is 15.0 Å². The minimum Gasteiger partial charge on any atom is -0.472 e. The van der Waals surface area contributed by atoms with E-state index in [2.05, 4.69) is 15.0 Å². The summed E-state index contributed by atoms with van der Waals surface area (Å²) in [6, 6.07) is 2.95. The van der Waals surface area contributed by atoms with Gasteiger partial charge in [0.2, 0.25) is 5.88 Å². The SMILES string of the molecule is CCOC(=O)c1cnn2ccc(N3CC4CC4C3c3cc(F)cnc3O[C@@H]3CCC[C@H]3N(C)C(=O)OC(C)(C)C)nc12. The number of anilines is 1. The molecule has 3 fully saturated rings. The minimum absolute atomic E-state index is 0.194. The second-order valence-corrected chi connectivity index (χ2v) is 12.4. The number of fused-ring (bicyclic) bond motifs is 2. The van der Waals surface area contributed by atoms with Crippen molar-refractivity contribution >= 4 is 23.5 Å². The average Bonchev–Trinajstić information content (AvgIpc) is 3.27. The number of aromatic nitrogens is 4. The van der Waals surface area contributed by atoms with Gasteiger partial charge in [0.25, 0.3) is 0 Å². The van der Waals surface area contributed by atoms with E-state index in [0.717, 1.165) is 32.2 Å². The third-order valence-electron chi connectivity index (χ3n) is 8.32. The molecule has 2 saturated carbocycles. The lowest BCUT2D eigenvalue weighted by Gasteiger charge is -2.33. The van der Waals surface area contributed by atoms with Crippen molar-refractivity contribution in [3.63, 3.8) is 0 Å². The molecule has 3 aromatic heterocycles. The maximum absolute atomic E-state index is 14.7. The van der Waals surface area contributed by atoms with Crippen LogP contribution in [-0.4, -0.2) is 74.5 Å². The van der Waals surface area contributed by atoms with Gasteiger partial charge in [-0.1, -0.05) is 0 Å². The number of hydrogen-bond acceptors (Lipinski definition) is 9. The highest BCUT2D eigenvalue weighted by Gasteiger charge is 2.54. The first kappa shape index (κ1) is 28.2. The highest BCUT2D eigenvalue weighted by Crippen LogP contribution is 2.58. The maximum Gasteiger partial charge on any atom is 0.410 e. The predicted molar refractivity (Wildman–Crippen MR) is 151 cm³/mol. The van der Waals surface area contributed by atoms with Gasteiger partial charge in [0.05, 0.1) is 31.1 Å². The number of pyridine rings is 1. The zero-order chi connectivity index (χ0) is 29.8. The summed E-state index contributed by atoms with van der Waals surface area (Å²) in [5, 5.41) is 4.25. The van der Waals surface area contributed by atoms with Crippen LogP contribution in [-0.2, 0) is 9.47 Å². The summed E-state index contributed by atoms with van der Waals surface area (Å²) in [7, 11) is 1.73. The molecule has 0 radical (unpaired) electrons. The second kappa shape index (κ2) is 10.7. The van der Waals surface area contributed by atoms with Crippen LogP contribution in [0.3, 0.4) is 0 Å². The van der Waals surface area contributed by atoms with Gasteiger partial charge in [0.15, 0.2) is 5.65 Å². The molecule has 3 aliphatic rings. The number of halogens is 1. The Morgan fingerprint density at radius 2 is 2.02 bits per heavy atom. The number of carbonyl (C=O) groups excluding carboxylic acids is 2. The van der Waals surface area contributed by atoms with Gasteiger partial charge in [-0.05, 0) is 77.3 Å². The molecule has 1 aliphatic heterocycles. The van der Waals surface area contributed by atoms with Gasteiger partial charge in [0, 0.05) is 25.4 Å². The Bertz CT molecular complexity index is 1510. The Kier molecular flexibility index (Phi) is 7.18. The Labute approximate surface area is 243 Å². The molecule has 0 N–H and O–H groups in total. The van der Waals surface area contributed by atoms with E-state index < -0.39 is 23.5 Å². The summed E-state index contributed by atoms with van der Waals surface area (Å²) in [5.41, 5.74) is 0.742. The van der Waals surface area contributed by atoms with E-state index in [1.54, 1.807) is 29.6 Å². The van der Waals surface area contributed by atoms with Crippen LogP contribution in [0.5, 0.6) is 5.88 Å². The first-order valence-electron chi connectivity index (χ1n) is 14.6. The van der Waals surface area contributed by atoms with E-state index in [1.807, 2.05) is 26.8 Å². The molecule has 3 aromatic rings. The molecule has 12 heteroatoms. The molecule has 1 saturated heterocycles. The standard InChI is InChI=1S/C30H37FN6O5/c1-6-40-28(38)21-15-33-37-11-10-24(34-26(21)37)36-16-17-12-19(17)25(36)20-13-18(31)14-32-27(20)41-23-9-7-8-22(23)35(5)29(39)42-30(2,3)4/h10-11,13-15,17,19,22-23,25H,6-9,12,16H2,1-5H3/t17?,19?,22-,23-,25?/m1/s1. The van der Waals surface area contributed by atoms with Crippen molar-refractivity contribution in [1.82, 2.24) is 24.5 Å². The zero-order valence-electron chi connectivity index (χ0n) is 24.6. The number of amides is 1. The Balaban J connectivity index is 1.29. The van der Waals surface area contributed by atoms with Crippen molar-refractivity contribution in [2.45, 2.75) is 77.2 Å². The molecule has 3 unspecified atom stereocenters. The molecular formula is C30H37FN6O5. The second-order valence-electron chi connectivity index (χ2n) is 12.4. The minimum atomic E-state index is -0.607. The molecule has 2 aliphatic carbocycles. The molecular weight excluding hydrogens is 543 g/mol. The van der Waals surface area contributed by atoms with Crippen molar-refractivity contribution in [2.24, 2.45) is 11.8 Å². The molecule has 1 amide bonds. The Morgan fingerprint density at radius 3 is 2.79 bits per heavy atom. The maximum atomic E-state index is 14.7. The normalized spacial score (nSPS) is 24.9. The fraction of sp³-hybridized carbons (Fsp3) is 0.567. The third-order valence-corrected chi connectivity index (χ3v) is 8.32. The largest absolute Gasteiger partial charge is 0.472 e. The molecule has 11 nitrogen and oxygen atoms in total. The van der Waals surface area contributed by atoms with Crippen molar-refractivity contribution < 1.29 is 28.2 Å². The number of likely N-dealkylation sites (N-methyl/N-ethyl adjacent to an activating group) is 1. The lowest BCUT2D eigenvalue weighted by Crippen LogP contribution is -2.46.